The van der Waals surface area contributed by atoms with Crippen molar-refractivity contribution in [3.8, 4) is 0 Å². The topological polar surface area (TPSA) is 109 Å². The average Bonchev–Trinajstić information content (AvgIpc) is 3.24. The number of hydrogen-bond donors (Lipinski definition) is 3. The van der Waals surface area contributed by atoms with Gasteiger partial charge in [0.2, 0.25) is 5.91 Å². The van der Waals surface area contributed by atoms with Crippen LogP contribution in [0.5, 0.6) is 0 Å². The largest absolute Gasteiger partial charge is 0.348 e. The van der Waals surface area contributed by atoms with Crippen LogP contribution in [0.1, 0.15) is 34.7 Å². The number of halogens is 1. The van der Waals surface area contributed by atoms with Gasteiger partial charge < -0.3 is 20.2 Å². The first-order chi connectivity index (χ1) is 15.9. The maximum Gasteiger partial charge on any atom is 0.263 e. The van der Waals surface area contributed by atoms with Gasteiger partial charge in [-0.25, -0.2) is 9.37 Å². The number of rotatable bonds is 7. The summed E-state index contributed by atoms with van der Waals surface area (Å²) in [5.41, 5.74) is 1.69. The monoisotopic (exact) mass is 447 g/mol. The first-order valence-electron chi connectivity index (χ1n) is 10.4. The Morgan fingerprint density at radius 2 is 1.85 bits per heavy atom. The molecule has 0 saturated carbocycles. The molecule has 2 aromatic heterocycles. The lowest BCUT2D eigenvalue weighted by Crippen LogP contribution is -2.37. The minimum absolute atomic E-state index is 0.0854. The molecule has 0 bridgehead atoms. The van der Waals surface area contributed by atoms with Crippen molar-refractivity contribution < 1.29 is 14.0 Å². The van der Waals surface area contributed by atoms with E-state index in [1.54, 1.807) is 19.1 Å². The molecule has 168 valence electrons. The Morgan fingerprint density at radius 3 is 2.61 bits per heavy atom. The predicted molar refractivity (Wildman–Crippen MR) is 121 cm³/mol. The molecule has 0 aliphatic heterocycles. The number of imidazole rings is 1. The van der Waals surface area contributed by atoms with Crippen LogP contribution < -0.4 is 16.2 Å². The first-order valence-corrected chi connectivity index (χ1v) is 10.4. The molecule has 2 heterocycles. The molecule has 0 aliphatic carbocycles. The number of amides is 2. The standard InChI is InChI=1S/C24H22FN5O3/c1-15(22-28-19-6-2-3-7-20(19)29-22)27-21(31)14-30-12-4-5-18(24(30)33)23(32)26-13-16-8-10-17(25)11-9-16/h2-12,15H,13-14H2,1H3,(H,26,32)(H,27,31)(H,28,29)/t15-/m1/s1. The number of carbonyl (C=O) groups excluding carboxylic acids is 2. The third kappa shape index (κ3) is 5.15. The molecular weight excluding hydrogens is 425 g/mol. The Labute approximate surface area is 188 Å². The maximum absolute atomic E-state index is 13.0. The predicted octanol–water partition coefficient (Wildman–Crippen LogP) is 2.67. The number of nitrogens with one attached hydrogen (secondary N) is 3. The van der Waals surface area contributed by atoms with Crippen LogP contribution in [-0.2, 0) is 17.9 Å². The smallest absolute Gasteiger partial charge is 0.263 e. The van der Waals surface area contributed by atoms with Crippen LogP contribution in [0.3, 0.4) is 0 Å². The van der Waals surface area contributed by atoms with Crippen LogP contribution in [0.2, 0.25) is 0 Å². The summed E-state index contributed by atoms with van der Waals surface area (Å²) >= 11 is 0. The van der Waals surface area contributed by atoms with E-state index >= 15 is 0 Å². The fourth-order valence-corrected chi connectivity index (χ4v) is 3.40. The van der Waals surface area contributed by atoms with Crippen LogP contribution in [0.4, 0.5) is 4.39 Å². The number of pyridine rings is 1. The fraction of sp³-hybridized carbons (Fsp3) is 0.167. The molecule has 33 heavy (non-hydrogen) atoms. The zero-order chi connectivity index (χ0) is 23.4. The highest BCUT2D eigenvalue weighted by Gasteiger charge is 2.16. The molecule has 8 nitrogen and oxygen atoms in total. The number of hydrogen-bond acceptors (Lipinski definition) is 4. The lowest BCUT2D eigenvalue weighted by atomic mass is 10.2. The highest BCUT2D eigenvalue weighted by molar-refractivity contribution is 5.93. The fourth-order valence-electron chi connectivity index (χ4n) is 3.40. The molecule has 3 N–H and O–H groups in total. The van der Waals surface area contributed by atoms with Crippen molar-refractivity contribution in [2.45, 2.75) is 26.1 Å². The van der Waals surface area contributed by atoms with E-state index in [9.17, 15) is 18.8 Å². The van der Waals surface area contributed by atoms with Gasteiger partial charge in [0.1, 0.15) is 23.7 Å². The van der Waals surface area contributed by atoms with Gasteiger partial charge in [-0.3, -0.25) is 14.4 Å². The minimum Gasteiger partial charge on any atom is -0.348 e. The molecule has 4 aromatic rings. The van der Waals surface area contributed by atoms with Crippen LogP contribution in [0.25, 0.3) is 11.0 Å². The first kappa shape index (κ1) is 21.9. The van der Waals surface area contributed by atoms with Crippen molar-refractivity contribution in [3.63, 3.8) is 0 Å². The van der Waals surface area contributed by atoms with E-state index in [1.807, 2.05) is 24.3 Å². The molecule has 2 amide bonds. The minimum atomic E-state index is -0.583. The molecule has 0 unspecified atom stereocenters. The highest BCUT2D eigenvalue weighted by atomic mass is 19.1. The van der Waals surface area contributed by atoms with Crippen LogP contribution in [-0.4, -0.2) is 26.3 Å². The van der Waals surface area contributed by atoms with Gasteiger partial charge in [0.25, 0.3) is 11.5 Å². The van der Waals surface area contributed by atoms with E-state index in [4.69, 9.17) is 0 Å². The van der Waals surface area contributed by atoms with E-state index in [-0.39, 0.29) is 24.5 Å². The Hall–Kier alpha value is -4.27. The molecule has 4 rings (SSSR count). The number of para-hydroxylation sites is 2. The zero-order valence-electron chi connectivity index (χ0n) is 17.8. The van der Waals surface area contributed by atoms with Gasteiger partial charge >= 0.3 is 0 Å². The van der Waals surface area contributed by atoms with Crippen molar-refractivity contribution in [1.29, 1.82) is 0 Å². The summed E-state index contributed by atoms with van der Waals surface area (Å²) in [6.07, 6.45) is 1.45. The molecule has 2 aromatic carbocycles. The zero-order valence-corrected chi connectivity index (χ0v) is 17.8. The number of carbonyl (C=O) groups is 2. The lowest BCUT2D eigenvalue weighted by Gasteiger charge is -2.13. The average molecular weight is 447 g/mol. The van der Waals surface area contributed by atoms with Crippen LogP contribution in [0.15, 0.2) is 71.7 Å². The van der Waals surface area contributed by atoms with E-state index in [0.29, 0.717) is 11.4 Å². The molecule has 0 saturated heterocycles. The number of fused-ring (bicyclic) bond motifs is 1. The Balaban J connectivity index is 1.40. The molecule has 0 radical (unpaired) electrons. The number of nitrogens with zero attached hydrogens (tertiary/aromatic N) is 2. The molecule has 0 aliphatic rings. The van der Waals surface area contributed by atoms with Gasteiger partial charge in [-0.1, -0.05) is 24.3 Å². The Morgan fingerprint density at radius 1 is 1.09 bits per heavy atom. The second-order valence-corrected chi connectivity index (χ2v) is 7.59. The molecule has 0 spiro atoms. The van der Waals surface area contributed by atoms with Crippen LogP contribution in [0, 0.1) is 5.82 Å². The Bertz CT molecular complexity index is 1330. The van der Waals surface area contributed by atoms with Crippen molar-refractivity contribution in [2.75, 3.05) is 0 Å². The second-order valence-electron chi connectivity index (χ2n) is 7.59. The van der Waals surface area contributed by atoms with Gasteiger partial charge in [-0.15, -0.1) is 0 Å². The maximum atomic E-state index is 13.0. The Kier molecular flexibility index (Phi) is 6.30. The molecular formula is C24H22FN5O3. The second kappa shape index (κ2) is 9.47. The molecule has 9 heteroatoms. The highest BCUT2D eigenvalue weighted by Crippen LogP contribution is 2.15. The van der Waals surface area contributed by atoms with Crippen molar-refractivity contribution in [1.82, 2.24) is 25.2 Å². The normalized spacial score (nSPS) is 11.8. The van der Waals surface area contributed by atoms with Crippen molar-refractivity contribution >= 4 is 22.8 Å². The van der Waals surface area contributed by atoms with Gasteiger partial charge in [0.05, 0.1) is 17.1 Å². The number of benzene rings is 2. The third-order valence-corrected chi connectivity index (χ3v) is 5.14. The van der Waals surface area contributed by atoms with Gasteiger partial charge in [-0.05, 0) is 48.9 Å². The summed E-state index contributed by atoms with van der Waals surface area (Å²) in [4.78, 5) is 45.4. The van der Waals surface area contributed by atoms with Gasteiger partial charge in [0, 0.05) is 12.7 Å². The summed E-state index contributed by atoms with van der Waals surface area (Å²) < 4.78 is 14.2. The van der Waals surface area contributed by atoms with Crippen molar-refractivity contribution in [2.24, 2.45) is 0 Å². The lowest BCUT2D eigenvalue weighted by molar-refractivity contribution is -0.122. The summed E-state index contributed by atoms with van der Waals surface area (Å²) in [5, 5.41) is 5.44. The van der Waals surface area contributed by atoms with Crippen molar-refractivity contribution in [3.05, 3.63) is 100.0 Å². The van der Waals surface area contributed by atoms with Gasteiger partial charge in [0.15, 0.2) is 0 Å². The van der Waals surface area contributed by atoms with Gasteiger partial charge in [-0.2, -0.15) is 0 Å². The molecule has 1 atom stereocenters. The quantitative estimate of drug-likeness (QED) is 0.405. The summed E-state index contributed by atoms with van der Waals surface area (Å²) in [6.45, 7) is 1.68. The third-order valence-electron chi connectivity index (χ3n) is 5.14. The number of H-pyrrole nitrogens is 1. The van der Waals surface area contributed by atoms with E-state index in [1.165, 1.54) is 35.0 Å². The summed E-state index contributed by atoms with van der Waals surface area (Å²) in [5.74, 6) is -0.738. The van der Waals surface area contributed by atoms with E-state index in [0.717, 1.165) is 11.0 Å². The van der Waals surface area contributed by atoms with E-state index in [2.05, 4.69) is 20.6 Å². The van der Waals surface area contributed by atoms with E-state index < -0.39 is 23.4 Å². The summed E-state index contributed by atoms with van der Waals surface area (Å²) in [6, 6.07) is 15.8. The SMILES string of the molecule is C[C@@H](NC(=O)Cn1cccc(C(=O)NCc2ccc(F)cc2)c1=O)c1nc2ccccc2[nH]1. The van der Waals surface area contributed by atoms with Crippen LogP contribution >= 0.6 is 0 Å². The molecule has 0 fully saturated rings. The number of aromatic amines is 1. The number of aromatic nitrogens is 3. The summed E-state index contributed by atoms with van der Waals surface area (Å²) in [7, 11) is 0.